The van der Waals surface area contributed by atoms with Crippen molar-refractivity contribution in [2.75, 3.05) is 11.9 Å². The zero-order chi connectivity index (χ0) is 31.6. The largest absolute Gasteiger partial charge is 0.444 e. The molecule has 2 aromatic heterocycles. The summed E-state index contributed by atoms with van der Waals surface area (Å²) >= 11 is 0. The molecule has 0 saturated heterocycles. The van der Waals surface area contributed by atoms with Crippen molar-refractivity contribution in [3.8, 4) is 6.07 Å². The Morgan fingerprint density at radius 3 is 2.49 bits per heavy atom. The van der Waals surface area contributed by atoms with E-state index in [-0.39, 0.29) is 28.5 Å². The fraction of sp³-hybridized carbons (Fsp3) is 0.533. The van der Waals surface area contributed by atoms with E-state index >= 15 is 4.39 Å². The molecule has 4 heterocycles. The van der Waals surface area contributed by atoms with Crippen LogP contribution in [0.25, 0.3) is 0 Å². The molecular weight excluding hydrogens is 573 g/mol. The summed E-state index contributed by atoms with van der Waals surface area (Å²) in [4.78, 5) is 39.5. The lowest BCUT2D eigenvalue weighted by atomic mass is 9.84. The highest BCUT2D eigenvalue weighted by Gasteiger charge is 2.62. The number of pyridine rings is 2. The zero-order valence-corrected chi connectivity index (χ0v) is 26.2. The average molecular weight is 610 g/mol. The number of nitriles is 1. The van der Waals surface area contributed by atoms with Crippen molar-refractivity contribution in [3.63, 3.8) is 0 Å². The molecule has 11 nitrogen and oxygen atoms in total. The van der Waals surface area contributed by atoms with Gasteiger partial charge in [0.1, 0.15) is 50.8 Å². The summed E-state index contributed by atoms with van der Waals surface area (Å²) < 4.78 is 39.8. The molecule has 43 heavy (non-hydrogen) atoms. The maximum atomic E-state index is 15.8. The van der Waals surface area contributed by atoms with E-state index in [0.29, 0.717) is 24.1 Å². The minimum absolute atomic E-state index is 0.0373. The first kappa shape index (κ1) is 30.5. The normalized spacial score (nSPS) is 26.7. The van der Waals surface area contributed by atoms with Crippen LogP contribution in [0.3, 0.4) is 0 Å². The quantitative estimate of drug-likeness (QED) is 0.495. The lowest BCUT2D eigenvalue weighted by Crippen LogP contribution is -2.63. The maximum absolute atomic E-state index is 15.8. The number of ether oxygens (including phenoxy) is 1. The highest BCUT2D eigenvalue weighted by atomic mass is 32.2. The fourth-order valence-electron chi connectivity index (χ4n) is 5.74. The second kappa shape index (κ2) is 10.1. The Kier molecular flexibility index (Phi) is 7.16. The number of rotatable bonds is 3. The van der Waals surface area contributed by atoms with Crippen molar-refractivity contribution in [1.82, 2.24) is 15.3 Å². The van der Waals surface area contributed by atoms with Crippen LogP contribution in [0.15, 0.2) is 33.8 Å². The van der Waals surface area contributed by atoms with E-state index in [1.54, 1.807) is 54.5 Å². The number of amides is 2. The second-order valence-electron chi connectivity index (χ2n) is 13.3. The summed E-state index contributed by atoms with van der Waals surface area (Å²) in [6.07, 6.45) is 2.87. The van der Waals surface area contributed by atoms with Crippen LogP contribution in [0.1, 0.15) is 88.1 Å². The molecule has 0 aromatic carbocycles. The number of aromatic nitrogens is 2. The highest BCUT2D eigenvalue weighted by molar-refractivity contribution is 7.96. The smallest absolute Gasteiger partial charge is 0.413 e. The first-order chi connectivity index (χ1) is 19.9. The Morgan fingerprint density at radius 2 is 1.88 bits per heavy atom. The molecule has 0 radical (unpaired) electrons. The molecule has 2 N–H and O–H groups in total. The predicted octanol–water partition coefficient (Wildman–Crippen LogP) is 5.00. The van der Waals surface area contributed by atoms with E-state index in [1.807, 2.05) is 6.07 Å². The average Bonchev–Trinajstić information content (AvgIpc) is 3.67. The number of hydrogen-bond acceptors (Lipinski definition) is 9. The van der Waals surface area contributed by atoms with Gasteiger partial charge in [0.2, 0.25) is 0 Å². The molecule has 1 saturated carbocycles. The number of aryl methyl sites for hydroxylation is 1. The molecule has 228 valence electrons. The Labute approximate surface area is 250 Å². The molecule has 2 amide bonds. The van der Waals surface area contributed by atoms with Crippen molar-refractivity contribution >= 4 is 33.4 Å². The number of anilines is 1. The van der Waals surface area contributed by atoms with Crippen LogP contribution in [-0.2, 0) is 20.0 Å². The summed E-state index contributed by atoms with van der Waals surface area (Å²) in [5.74, 6) is -1.19. The molecule has 3 aliphatic rings. The van der Waals surface area contributed by atoms with E-state index < -0.39 is 48.7 Å². The van der Waals surface area contributed by atoms with Gasteiger partial charge in [-0.1, -0.05) is 0 Å². The minimum Gasteiger partial charge on any atom is -0.444 e. The van der Waals surface area contributed by atoms with Gasteiger partial charge in [0, 0.05) is 6.20 Å². The number of halogens is 1. The third kappa shape index (κ3) is 5.37. The lowest BCUT2D eigenvalue weighted by molar-refractivity contribution is 0.0560. The molecular formula is C30H36FN7O4S. The third-order valence-corrected chi connectivity index (χ3v) is 12.0. The summed E-state index contributed by atoms with van der Waals surface area (Å²) in [5, 5.41) is 13.7. The number of carbonyl (C=O) groups excluding carboxylic acids is 2. The molecule has 0 unspecified atom stereocenters. The van der Waals surface area contributed by atoms with Crippen molar-refractivity contribution in [1.29, 1.82) is 5.26 Å². The number of aliphatic imine (C=N–C) groups is 1. The molecule has 1 aliphatic carbocycles. The van der Waals surface area contributed by atoms with Gasteiger partial charge in [-0.05, 0) is 96.9 Å². The maximum Gasteiger partial charge on any atom is 0.413 e. The molecule has 2 aromatic rings. The summed E-state index contributed by atoms with van der Waals surface area (Å²) in [6, 6.07) is 6.02. The van der Waals surface area contributed by atoms with E-state index in [0.717, 1.165) is 12.8 Å². The lowest BCUT2D eigenvalue weighted by Gasteiger charge is -2.49. The molecule has 0 bridgehead atoms. The van der Waals surface area contributed by atoms with Gasteiger partial charge in [-0.25, -0.2) is 27.7 Å². The first-order valence-electron chi connectivity index (χ1n) is 14.1. The highest BCUT2D eigenvalue weighted by Crippen LogP contribution is 2.59. The van der Waals surface area contributed by atoms with Crippen LogP contribution < -0.4 is 10.6 Å². The third-order valence-electron chi connectivity index (χ3n) is 8.43. The van der Waals surface area contributed by atoms with Gasteiger partial charge < -0.3 is 10.1 Å². The van der Waals surface area contributed by atoms with E-state index in [4.69, 9.17) is 19.4 Å². The Hall–Kier alpha value is -3.92. The van der Waals surface area contributed by atoms with Crippen LogP contribution >= 0.6 is 0 Å². The van der Waals surface area contributed by atoms with E-state index in [9.17, 15) is 13.8 Å². The van der Waals surface area contributed by atoms with Crippen molar-refractivity contribution < 1.29 is 22.9 Å². The summed E-state index contributed by atoms with van der Waals surface area (Å²) in [5.41, 5.74) is -1.66. The minimum atomic E-state index is -3.15. The number of carbonyl (C=O) groups is 2. The van der Waals surface area contributed by atoms with Gasteiger partial charge in [-0.3, -0.25) is 15.1 Å². The number of nitrogens with one attached hydrogen (secondary N) is 2. The number of fused-ring (bicyclic) bond motifs is 1. The number of hydrogen-bond donors (Lipinski definition) is 2. The molecule has 3 atom stereocenters. The summed E-state index contributed by atoms with van der Waals surface area (Å²) in [7, 11) is -3.15. The number of amidine groups is 1. The van der Waals surface area contributed by atoms with Crippen LogP contribution in [0.5, 0.6) is 0 Å². The molecule has 13 heteroatoms. The summed E-state index contributed by atoms with van der Waals surface area (Å²) in [6.45, 7) is 12.3. The molecule has 5 rings (SSSR count). The van der Waals surface area contributed by atoms with Gasteiger partial charge in [-0.15, -0.1) is 0 Å². The van der Waals surface area contributed by atoms with E-state index in [1.165, 1.54) is 18.3 Å². The Morgan fingerprint density at radius 1 is 1.19 bits per heavy atom. The van der Waals surface area contributed by atoms with Gasteiger partial charge in [-0.2, -0.15) is 5.26 Å². The van der Waals surface area contributed by atoms with Crippen LogP contribution in [0, 0.1) is 29.5 Å². The SMILES string of the molecule is Cc1cc(C#N)cnc1C(=O)Nc1ccc(F)c([C@@]2(C)N=C(NC(=O)OC(C)(C)C)C(C)(C)[S@@]3(=O)=NCC4(CC4)C[C@@H]23)n1. The number of alkyl carbamates (subject to hydrolysis) is 1. The Balaban J connectivity index is 1.60. The fourth-order valence-corrected chi connectivity index (χ4v) is 9.16. The zero-order valence-electron chi connectivity index (χ0n) is 25.4. The first-order valence-corrected chi connectivity index (χ1v) is 15.7. The molecule has 2 aliphatic heterocycles. The van der Waals surface area contributed by atoms with Crippen LogP contribution in [0.4, 0.5) is 15.0 Å². The van der Waals surface area contributed by atoms with Gasteiger partial charge in [0.15, 0.2) is 0 Å². The predicted molar refractivity (Wildman–Crippen MR) is 160 cm³/mol. The van der Waals surface area contributed by atoms with Gasteiger partial charge in [0.25, 0.3) is 5.91 Å². The van der Waals surface area contributed by atoms with Gasteiger partial charge in [0.05, 0.1) is 27.1 Å². The van der Waals surface area contributed by atoms with Crippen molar-refractivity contribution in [2.24, 2.45) is 14.8 Å². The van der Waals surface area contributed by atoms with Crippen LogP contribution in [0.2, 0.25) is 0 Å². The number of nitrogens with zero attached hydrogens (tertiary/aromatic N) is 5. The standard InChI is InChI=1S/C30H36FN7O4S/c1-17-12-18(14-32)15-33-22(17)24(39)36-21-9-8-19(31)23(35-21)29(7)20-13-30(10-11-30)16-34-43(20,41)28(5,6)25(38-29)37-26(40)42-27(2,3)4/h8-9,12,15,20H,10-11,13,16H2,1-7H3,(H,35,36,39)(H,37,38,40)/t20-,29-,43+/m0/s1. The molecule has 1 fully saturated rings. The van der Waals surface area contributed by atoms with Crippen molar-refractivity contribution in [3.05, 3.63) is 52.7 Å². The van der Waals surface area contributed by atoms with E-state index in [2.05, 4.69) is 20.6 Å². The second-order valence-corrected chi connectivity index (χ2v) is 16.3. The molecule has 1 spiro atoms. The topological polar surface area (TPSA) is 159 Å². The van der Waals surface area contributed by atoms with Crippen LogP contribution in [-0.4, -0.2) is 54.2 Å². The Bertz CT molecular complexity index is 1730. The van der Waals surface area contributed by atoms with Gasteiger partial charge >= 0.3 is 6.09 Å². The van der Waals surface area contributed by atoms with Crippen molar-refractivity contribution in [2.45, 2.75) is 88.9 Å². The monoisotopic (exact) mass is 609 g/mol.